The van der Waals surface area contributed by atoms with Crippen molar-refractivity contribution in [3.05, 3.63) is 77.7 Å². The number of ether oxygens (including phenoxy) is 3. The Kier molecular flexibility index (Phi) is 9.12. The molecule has 220 valence electrons. The predicted octanol–water partition coefficient (Wildman–Crippen LogP) is 3.32. The molecule has 1 aliphatic heterocycles. The number of benzene rings is 2. The van der Waals surface area contributed by atoms with Gasteiger partial charge in [0.05, 0.1) is 20.3 Å². The maximum absolute atomic E-state index is 14.0. The van der Waals surface area contributed by atoms with Gasteiger partial charge < -0.3 is 28.8 Å². The molecule has 0 spiro atoms. The van der Waals surface area contributed by atoms with Crippen LogP contribution in [0, 0.1) is 6.92 Å². The molecule has 1 saturated heterocycles. The van der Waals surface area contributed by atoms with E-state index >= 15 is 0 Å². The minimum absolute atomic E-state index is 0.0607. The second-order valence-electron chi connectivity index (χ2n) is 9.97. The average molecular weight is 575 g/mol. The van der Waals surface area contributed by atoms with Crippen LogP contribution in [0.3, 0.4) is 0 Å². The van der Waals surface area contributed by atoms with Crippen molar-refractivity contribution in [2.75, 3.05) is 27.4 Å². The molecule has 2 atom stereocenters. The lowest BCUT2D eigenvalue weighted by Gasteiger charge is -2.30. The van der Waals surface area contributed by atoms with Crippen LogP contribution in [-0.2, 0) is 27.4 Å². The Morgan fingerprint density at radius 1 is 1.05 bits per heavy atom. The van der Waals surface area contributed by atoms with E-state index in [0.29, 0.717) is 42.0 Å². The summed E-state index contributed by atoms with van der Waals surface area (Å²) in [6.07, 6.45) is 1.76. The average Bonchev–Trinajstić information content (AvgIpc) is 3.79. The zero-order valence-corrected chi connectivity index (χ0v) is 23.9. The molecule has 2 unspecified atom stereocenters. The molecule has 0 radical (unpaired) electrons. The number of tetrazole rings is 1. The van der Waals surface area contributed by atoms with Crippen LogP contribution in [0.5, 0.6) is 11.5 Å². The molecule has 2 aromatic heterocycles. The molecule has 12 heteroatoms. The molecule has 2 aromatic carbocycles. The largest absolute Gasteiger partial charge is 0.497 e. The monoisotopic (exact) mass is 574 g/mol. The molecule has 1 aliphatic rings. The van der Waals surface area contributed by atoms with E-state index in [-0.39, 0.29) is 25.1 Å². The molecule has 42 heavy (non-hydrogen) atoms. The van der Waals surface area contributed by atoms with Crippen molar-refractivity contribution in [1.29, 1.82) is 0 Å². The number of hydrogen-bond acceptors (Lipinski definition) is 9. The minimum Gasteiger partial charge on any atom is -0.497 e. The van der Waals surface area contributed by atoms with Crippen LogP contribution in [0.2, 0.25) is 0 Å². The third-order valence-electron chi connectivity index (χ3n) is 7.03. The minimum atomic E-state index is -1.04. The van der Waals surface area contributed by atoms with E-state index in [9.17, 15) is 9.59 Å². The fraction of sp³-hybridized carbons (Fsp3) is 0.367. The smallest absolute Gasteiger partial charge is 0.250 e. The van der Waals surface area contributed by atoms with Crippen LogP contribution in [0.25, 0.3) is 11.4 Å². The zero-order valence-electron chi connectivity index (χ0n) is 23.9. The van der Waals surface area contributed by atoms with Crippen molar-refractivity contribution in [2.24, 2.45) is 0 Å². The van der Waals surface area contributed by atoms with Crippen molar-refractivity contribution in [3.63, 3.8) is 0 Å². The van der Waals surface area contributed by atoms with Gasteiger partial charge in [-0.1, -0.05) is 12.1 Å². The van der Waals surface area contributed by atoms with E-state index in [1.165, 1.54) is 9.70 Å². The predicted molar refractivity (Wildman–Crippen MR) is 152 cm³/mol. The number of aryl methyl sites for hydroxylation is 1. The lowest BCUT2D eigenvalue weighted by Crippen LogP contribution is -2.46. The molecule has 3 heterocycles. The highest BCUT2D eigenvalue weighted by Gasteiger charge is 2.35. The summed E-state index contributed by atoms with van der Waals surface area (Å²) in [5, 5.41) is 15.6. The zero-order chi connectivity index (χ0) is 29.5. The summed E-state index contributed by atoms with van der Waals surface area (Å²) in [6, 6.07) is 17.0. The van der Waals surface area contributed by atoms with E-state index in [1.807, 2.05) is 36.4 Å². The highest BCUT2D eigenvalue weighted by molar-refractivity contribution is 5.88. The van der Waals surface area contributed by atoms with Crippen molar-refractivity contribution in [1.82, 2.24) is 30.4 Å². The Balaban J connectivity index is 1.42. The number of rotatable bonds is 12. The number of amides is 2. The van der Waals surface area contributed by atoms with Gasteiger partial charge >= 0.3 is 0 Å². The number of methoxy groups -OCH3 is 2. The molecular weight excluding hydrogens is 540 g/mol. The van der Waals surface area contributed by atoms with Crippen LogP contribution in [-0.4, -0.2) is 70.4 Å². The number of carbonyl (C=O) groups excluding carboxylic acids is 2. The molecule has 12 nitrogen and oxygen atoms in total. The highest BCUT2D eigenvalue weighted by atomic mass is 16.5. The van der Waals surface area contributed by atoms with E-state index in [4.69, 9.17) is 18.6 Å². The fourth-order valence-corrected chi connectivity index (χ4v) is 4.77. The highest BCUT2D eigenvalue weighted by Crippen LogP contribution is 2.27. The van der Waals surface area contributed by atoms with Gasteiger partial charge in [0.15, 0.2) is 6.04 Å². The number of furan rings is 1. The van der Waals surface area contributed by atoms with E-state index in [2.05, 4.69) is 20.7 Å². The lowest BCUT2D eigenvalue weighted by molar-refractivity contribution is -0.143. The van der Waals surface area contributed by atoms with Crippen LogP contribution in [0.4, 0.5) is 0 Å². The third-order valence-corrected chi connectivity index (χ3v) is 7.03. The Morgan fingerprint density at radius 2 is 1.76 bits per heavy atom. The molecule has 1 fully saturated rings. The van der Waals surface area contributed by atoms with Gasteiger partial charge in [-0.2, -0.15) is 4.80 Å². The quantitative estimate of drug-likeness (QED) is 0.270. The van der Waals surface area contributed by atoms with E-state index < -0.39 is 11.9 Å². The van der Waals surface area contributed by atoms with Gasteiger partial charge in [0.1, 0.15) is 29.6 Å². The normalized spacial score (nSPS) is 15.3. The summed E-state index contributed by atoms with van der Waals surface area (Å²) >= 11 is 0. The Labute approximate surface area is 243 Å². The van der Waals surface area contributed by atoms with Gasteiger partial charge in [0.25, 0.3) is 5.91 Å². The number of hydrogen-bond donors (Lipinski definition) is 1. The first-order valence-corrected chi connectivity index (χ1v) is 13.7. The van der Waals surface area contributed by atoms with Gasteiger partial charge in [-0.25, -0.2) is 0 Å². The first-order valence-electron chi connectivity index (χ1n) is 13.7. The summed E-state index contributed by atoms with van der Waals surface area (Å²) in [5.74, 6) is 1.96. The Hall–Kier alpha value is -4.71. The Bertz CT molecular complexity index is 1480. The summed E-state index contributed by atoms with van der Waals surface area (Å²) in [5.41, 5.74) is 1.52. The van der Waals surface area contributed by atoms with Crippen molar-refractivity contribution in [3.8, 4) is 22.9 Å². The second kappa shape index (κ2) is 13.3. The van der Waals surface area contributed by atoms with E-state index in [1.54, 1.807) is 45.4 Å². The van der Waals surface area contributed by atoms with Gasteiger partial charge in [0, 0.05) is 25.3 Å². The third kappa shape index (κ3) is 6.95. The topological polar surface area (TPSA) is 134 Å². The molecule has 0 bridgehead atoms. The number of aromatic nitrogens is 4. The number of nitrogens with zero attached hydrogens (tertiary/aromatic N) is 5. The fourth-order valence-electron chi connectivity index (χ4n) is 4.77. The second-order valence-corrected chi connectivity index (χ2v) is 9.97. The molecule has 0 saturated carbocycles. The molecule has 0 aliphatic carbocycles. The van der Waals surface area contributed by atoms with Crippen molar-refractivity contribution >= 4 is 11.8 Å². The van der Waals surface area contributed by atoms with Gasteiger partial charge in [-0.3, -0.25) is 9.59 Å². The maximum atomic E-state index is 14.0. The molecular formula is C30H34N6O6. The summed E-state index contributed by atoms with van der Waals surface area (Å²) in [7, 11) is 3.18. The summed E-state index contributed by atoms with van der Waals surface area (Å²) < 4.78 is 22.1. The lowest BCUT2D eigenvalue weighted by atomic mass is 10.1. The summed E-state index contributed by atoms with van der Waals surface area (Å²) in [6.45, 7) is 2.69. The van der Waals surface area contributed by atoms with Gasteiger partial charge in [0.2, 0.25) is 11.7 Å². The maximum Gasteiger partial charge on any atom is 0.250 e. The molecule has 4 aromatic rings. The number of carbonyl (C=O) groups is 2. The first kappa shape index (κ1) is 28.8. The van der Waals surface area contributed by atoms with Crippen LogP contribution in [0.15, 0.2) is 65.1 Å². The SMILES string of the molecule is COc1ccc(CN(C(=O)Cn2nnc(-c3ccc(OC)cc3)n2)C(C(=O)NCC2CCCO2)c2ccc(C)o2)cc1. The van der Waals surface area contributed by atoms with Crippen LogP contribution >= 0.6 is 0 Å². The van der Waals surface area contributed by atoms with Crippen molar-refractivity contribution < 1.29 is 28.2 Å². The van der Waals surface area contributed by atoms with Crippen LogP contribution < -0.4 is 14.8 Å². The first-order chi connectivity index (χ1) is 20.4. The molecule has 5 rings (SSSR count). The van der Waals surface area contributed by atoms with Crippen molar-refractivity contribution in [2.45, 2.75) is 45.0 Å². The Morgan fingerprint density at radius 3 is 2.38 bits per heavy atom. The van der Waals surface area contributed by atoms with Crippen LogP contribution in [0.1, 0.15) is 36.0 Å². The van der Waals surface area contributed by atoms with Gasteiger partial charge in [-0.15, -0.1) is 10.2 Å². The van der Waals surface area contributed by atoms with E-state index in [0.717, 1.165) is 24.0 Å². The molecule has 2 amide bonds. The standard InChI is InChI=1S/C30H34N6O6/c1-20-6-15-26(42-20)28(30(38)31-17-25-5-4-16-41-25)35(18-21-7-11-23(39-2)12-8-21)27(37)19-36-33-29(32-34-36)22-9-13-24(40-3)14-10-22/h6-15,25,28H,4-5,16-19H2,1-3H3,(H,31,38). The number of nitrogens with one attached hydrogen (secondary N) is 1. The van der Waals surface area contributed by atoms with Gasteiger partial charge in [-0.05, 0) is 79.1 Å². The molecule has 1 N–H and O–H groups in total. The summed E-state index contributed by atoms with van der Waals surface area (Å²) in [4.78, 5) is 30.4.